The number of aryl methyl sites for hydroxylation is 1. The average molecular weight is 285 g/mol. The van der Waals surface area contributed by atoms with Gasteiger partial charge in [0, 0.05) is 11.3 Å². The third-order valence-corrected chi connectivity index (χ3v) is 4.95. The van der Waals surface area contributed by atoms with Crippen LogP contribution in [0.5, 0.6) is 0 Å². The van der Waals surface area contributed by atoms with Gasteiger partial charge in [-0.05, 0) is 44.1 Å². The van der Waals surface area contributed by atoms with Gasteiger partial charge in [-0.15, -0.1) is 0 Å². The summed E-state index contributed by atoms with van der Waals surface area (Å²) in [6.45, 7) is 0. The summed E-state index contributed by atoms with van der Waals surface area (Å²) in [7, 11) is 0. The summed E-state index contributed by atoms with van der Waals surface area (Å²) < 4.78 is 0. The lowest BCUT2D eigenvalue weighted by Crippen LogP contribution is -2.18. The first-order valence-corrected chi connectivity index (χ1v) is 7.79. The lowest BCUT2D eigenvalue weighted by atomic mass is 9.93. The molecule has 0 N–H and O–H groups in total. The van der Waals surface area contributed by atoms with E-state index >= 15 is 0 Å². The fourth-order valence-electron chi connectivity index (χ4n) is 3.29. The van der Waals surface area contributed by atoms with E-state index in [2.05, 4.69) is 35.3 Å². The summed E-state index contributed by atoms with van der Waals surface area (Å²) in [6.07, 6.45) is 6.78. The maximum absolute atomic E-state index is 6.42. The van der Waals surface area contributed by atoms with E-state index in [1.807, 2.05) is 0 Å². The Balaban J connectivity index is 1.81. The van der Waals surface area contributed by atoms with Crippen molar-refractivity contribution in [2.75, 3.05) is 0 Å². The van der Waals surface area contributed by atoms with E-state index in [-0.39, 0.29) is 5.41 Å². The Morgan fingerprint density at radius 3 is 2.45 bits per heavy atom. The standard InChI is InChI=1S/C17H17ClN2/c18-15-13-8-4-5-9-14(13)19-16(20-15)17(10-11-17)12-6-2-1-3-7-12/h1-3,6-7H,4-5,8-11H2. The Hall–Kier alpha value is -1.41. The quantitative estimate of drug-likeness (QED) is 0.776. The molecule has 1 saturated carbocycles. The Bertz CT molecular complexity index is 648. The molecule has 0 unspecified atom stereocenters. The number of benzene rings is 1. The van der Waals surface area contributed by atoms with Crippen molar-refractivity contribution in [2.24, 2.45) is 0 Å². The molecule has 1 aromatic heterocycles. The molecule has 2 nitrogen and oxygen atoms in total. The van der Waals surface area contributed by atoms with Gasteiger partial charge in [-0.3, -0.25) is 0 Å². The zero-order chi connectivity index (χ0) is 13.6. The second-order valence-corrected chi connectivity index (χ2v) is 6.28. The monoisotopic (exact) mass is 284 g/mol. The number of nitrogens with zero attached hydrogens (tertiary/aromatic N) is 2. The normalized spacial score (nSPS) is 19.4. The zero-order valence-corrected chi connectivity index (χ0v) is 12.2. The van der Waals surface area contributed by atoms with Gasteiger partial charge >= 0.3 is 0 Å². The molecule has 0 bridgehead atoms. The van der Waals surface area contributed by atoms with Crippen molar-refractivity contribution in [1.82, 2.24) is 9.97 Å². The highest BCUT2D eigenvalue weighted by atomic mass is 35.5. The lowest BCUT2D eigenvalue weighted by Gasteiger charge is -2.20. The van der Waals surface area contributed by atoms with Crippen LogP contribution < -0.4 is 0 Å². The van der Waals surface area contributed by atoms with E-state index < -0.39 is 0 Å². The Morgan fingerprint density at radius 2 is 1.70 bits per heavy atom. The van der Waals surface area contributed by atoms with Crippen LogP contribution >= 0.6 is 11.6 Å². The van der Waals surface area contributed by atoms with Gasteiger partial charge in [0.2, 0.25) is 0 Å². The molecule has 1 heterocycles. The maximum Gasteiger partial charge on any atom is 0.140 e. The summed E-state index contributed by atoms with van der Waals surface area (Å²) in [6, 6.07) is 10.6. The van der Waals surface area contributed by atoms with Crippen molar-refractivity contribution in [3.63, 3.8) is 0 Å². The van der Waals surface area contributed by atoms with Gasteiger partial charge in [0.15, 0.2) is 0 Å². The van der Waals surface area contributed by atoms with Crippen LogP contribution in [0.1, 0.15) is 48.3 Å². The first-order valence-electron chi connectivity index (χ1n) is 7.41. The molecular formula is C17H17ClN2. The molecule has 0 saturated heterocycles. The smallest absolute Gasteiger partial charge is 0.140 e. The molecule has 4 rings (SSSR count). The molecule has 3 heteroatoms. The van der Waals surface area contributed by atoms with Gasteiger partial charge in [0.1, 0.15) is 11.0 Å². The number of hydrogen-bond acceptors (Lipinski definition) is 2. The van der Waals surface area contributed by atoms with E-state index in [1.165, 1.54) is 29.7 Å². The fraction of sp³-hybridized carbons (Fsp3) is 0.412. The Kier molecular flexibility index (Phi) is 2.81. The number of aromatic nitrogens is 2. The predicted molar refractivity (Wildman–Crippen MR) is 80.1 cm³/mol. The van der Waals surface area contributed by atoms with E-state index in [9.17, 15) is 0 Å². The maximum atomic E-state index is 6.42. The summed E-state index contributed by atoms with van der Waals surface area (Å²) >= 11 is 6.42. The molecule has 0 atom stereocenters. The Morgan fingerprint density at radius 1 is 0.950 bits per heavy atom. The van der Waals surface area contributed by atoms with E-state index in [0.29, 0.717) is 5.15 Å². The number of hydrogen-bond donors (Lipinski definition) is 0. The molecule has 2 aliphatic carbocycles. The minimum atomic E-state index is 0.0252. The highest BCUT2D eigenvalue weighted by Crippen LogP contribution is 2.52. The third kappa shape index (κ3) is 1.86. The van der Waals surface area contributed by atoms with Crippen LogP contribution in [0.15, 0.2) is 30.3 Å². The fourth-order valence-corrected chi connectivity index (χ4v) is 3.57. The van der Waals surface area contributed by atoms with Crippen LogP contribution in [0.3, 0.4) is 0 Å². The van der Waals surface area contributed by atoms with Gasteiger partial charge in [-0.2, -0.15) is 0 Å². The molecule has 102 valence electrons. The molecule has 0 aliphatic heterocycles. The summed E-state index contributed by atoms with van der Waals surface area (Å²) in [5, 5.41) is 0.687. The second kappa shape index (κ2) is 4.56. The van der Waals surface area contributed by atoms with Crippen LogP contribution in [0.25, 0.3) is 0 Å². The molecule has 2 aromatic rings. The summed E-state index contributed by atoms with van der Waals surface area (Å²) in [5.41, 5.74) is 3.73. The van der Waals surface area contributed by atoms with Gasteiger partial charge in [-0.25, -0.2) is 9.97 Å². The van der Waals surface area contributed by atoms with Crippen molar-refractivity contribution in [3.8, 4) is 0 Å². The molecule has 0 radical (unpaired) electrons. The van der Waals surface area contributed by atoms with Crippen molar-refractivity contribution in [3.05, 3.63) is 58.1 Å². The first-order chi connectivity index (χ1) is 9.79. The van der Waals surface area contributed by atoms with Crippen LogP contribution in [0.2, 0.25) is 5.15 Å². The Labute approximate surface area is 124 Å². The largest absolute Gasteiger partial charge is 0.237 e. The van der Waals surface area contributed by atoms with Gasteiger partial charge in [0.05, 0.1) is 5.41 Å². The van der Waals surface area contributed by atoms with Crippen LogP contribution in [0.4, 0.5) is 0 Å². The number of fused-ring (bicyclic) bond motifs is 1. The van der Waals surface area contributed by atoms with E-state index in [0.717, 1.165) is 31.5 Å². The third-order valence-electron chi connectivity index (χ3n) is 4.64. The highest BCUT2D eigenvalue weighted by Gasteiger charge is 2.49. The van der Waals surface area contributed by atoms with Crippen LogP contribution in [0, 0.1) is 0 Å². The first kappa shape index (κ1) is 12.3. The second-order valence-electron chi connectivity index (χ2n) is 5.92. The molecule has 0 spiro atoms. The SMILES string of the molecule is Clc1nc(C2(c3ccccc3)CC2)nc2c1CCCC2. The topological polar surface area (TPSA) is 25.8 Å². The number of halogens is 1. The molecular weight excluding hydrogens is 268 g/mol. The van der Waals surface area contributed by atoms with Crippen LogP contribution in [-0.2, 0) is 18.3 Å². The van der Waals surface area contributed by atoms with Gasteiger partial charge < -0.3 is 0 Å². The van der Waals surface area contributed by atoms with Gasteiger partial charge in [-0.1, -0.05) is 41.9 Å². The molecule has 0 amide bonds. The minimum Gasteiger partial charge on any atom is -0.237 e. The highest BCUT2D eigenvalue weighted by molar-refractivity contribution is 6.30. The predicted octanol–water partition coefficient (Wildman–Crippen LogP) is 4.09. The van der Waals surface area contributed by atoms with E-state index in [1.54, 1.807) is 0 Å². The zero-order valence-electron chi connectivity index (χ0n) is 11.4. The van der Waals surface area contributed by atoms with Crippen molar-refractivity contribution < 1.29 is 0 Å². The van der Waals surface area contributed by atoms with Crippen molar-refractivity contribution in [1.29, 1.82) is 0 Å². The summed E-state index contributed by atoms with van der Waals surface area (Å²) in [5.74, 6) is 0.939. The number of rotatable bonds is 2. The average Bonchev–Trinajstić information content (AvgIpc) is 3.30. The lowest BCUT2D eigenvalue weighted by molar-refractivity contribution is 0.640. The van der Waals surface area contributed by atoms with E-state index in [4.69, 9.17) is 16.6 Å². The van der Waals surface area contributed by atoms with Gasteiger partial charge in [0.25, 0.3) is 0 Å². The van der Waals surface area contributed by atoms with Crippen molar-refractivity contribution in [2.45, 2.75) is 43.9 Å². The van der Waals surface area contributed by atoms with Crippen LogP contribution in [-0.4, -0.2) is 9.97 Å². The summed E-state index contributed by atoms with van der Waals surface area (Å²) in [4.78, 5) is 9.54. The molecule has 1 fully saturated rings. The molecule has 20 heavy (non-hydrogen) atoms. The van der Waals surface area contributed by atoms with Crippen molar-refractivity contribution >= 4 is 11.6 Å². The molecule has 1 aromatic carbocycles. The molecule has 2 aliphatic rings. The minimum absolute atomic E-state index is 0.0252.